The molecule has 0 bridgehead atoms. The number of benzene rings is 1. The van der Waals surface area contributed by atoms with E-state index < -0.39 is 11.8 Å². The van der Waals surface area contributed by atoms with Gasteiger partial charge in [-0.15, -0.1) is 0 Å². The van der Waals surface area contributed by atoms with Gasteiger partial charge < -0.3 is 15.2 Å². The van der Waals surface area contributed by atoms with Gasteiger partial charge >= 0.3 is 5.97 Å². The highest BCUT2D eigenvalue weighted by molar-refractivity contribution is 5.91. The van der Waals surface area contributed by atoms with Crippen LogP contribution in [0.2, 0.25) is 0 Å². The average Bonchev–Trinajstić information content (AvgIpc) is 2.29. The fourth-order valence-corrected chi connectivity index (χ4v) is 1.39. The van der Waals surface area contributed by atoms with Crippen molar-refractivity contribution in [1.29, 1.82) is 0 Å². The molecule has 94 valence electrons. The Hall–Kier alpha value is -1.62. The van der Waals surface area contributed by atoms with E-state index in [0.717, 1.165) is 0 Å². The molecule has 0 radical (unpaired) electrons. The Labute approximate surface area is 99.5 Å². The topological polar surface area (TPSA) is 61.5 Å². The molecule has 0 atom stereocenters. The van der Waals surface area contributed by atoms with Crippen LogP contribution in [0.4, 0.5) is 10.1 Å². The van der Waals surface area contributed by atoms with Crippen molar-refractivity contribution in [2.45, 2.75) is 13.3 Å². The number of rotatable bonds is 5. The van der Waals surface area contributed by atoms with E-state index in [4.69, 9.17) is 15.2 Å². The Kier molecular flexibility index (Phi) is 4.90. The van der Waals surface area contributed by atoms with Gasteiger partial charge in [-0.1, -0.05) is 0 Å². The number of carbonyl (C=O) groups excluding carboxylic acids is 1. The third kappa shape index (κ3) is 3.71. The summed E-state index contributed by atoms with van der Waals surface area (Å²) in [4.78, 5) is 11.6. The quantitative estimate of drug-likeness (QED) is 0.486. The van der Waals surface area contributed by atoms with Crippen LogP contribution in [0, 0.1) is 12.7 Å². The maximum absolute atomic E-state index is 13.6. The fraction of sp³-hybridized carbons (Fsp3) is 0.417. The SMILES string of the molecule is COCCCOC(=O)c1cc(N)cc(C)c1F. The van der Waals surface area contributed by atoms with E-state index in [1.807, 2.05) is 0 Å². The van der Waals surface area contributed by atoms with E-state index in [-0.39, 0.29) is 12.2 Å². The summed E-state index contributed by atoms with van der Waals surface area (Å²) in [6, 6.07) is 2.75. The minimum absolute atomic E-state index is 0.125. The number of aryl methyl sites for hydroxylation is 1. The van der Waals surface area contributed by atoms with E-state index in [9.17, 15) is 9.18 Å². The smallest absolute Gasteiger partial charge is 0.341 e. The standard InChI is InChI=1S/C12H16FNO3/c1-8-6-9(14)7-10(11(8)13)12(15)17-5-3-4-16-2/h6-7H,3-5,14H2,1-2H3. The molecule has 0 aliphatic rings. The number of anilines is 1. The van der Waals surface area contributed by atoms with Gasteiger partial charge in [0.2, 0.25) is 0 Å². The van der Waals surface area contributed by atoms with Gasteiger partial charge in [0.15, 0.2) is 0 Å². The first kappa shape index (κ1) is 13.4. The van der Waals surface area contributed by atoms with E-state index in [1.54, 1.807) is 14.0 Å². The molecule has 5 heteroatoms. The second-order valence-electron chi connectivity index (χ2n) is 3.68. The van der Waals surface area contributed by atoms with Crippen LogP contribution >= 0.6 is 0 Å². The van der Waals surface area contributed by atoms with Gasteiger partial charge in [0, 0.05) is 25.8 Å². The van der Waals surface area contributed by atoms with Gasteiger partial charge in [0.05, 0.1) is 12.2 Å². The van der Waals surface area contributed by atoms with E-state index in [1.165, 1.54) is 12.1 Å². The van der Waals surface area contributed by atoms with Crippen molar-refractivity contribution >= 4 is 11.7 Å². The Morgan fingerprint density at radius 1 is 1.41 bits per heavy atom. The highest BCUT2D eigenvalue weighted by Gasteiger charge is 2.15. The summed E-state index contributed by atoms with van der Waals surface area (Å²) in [7, 11) is 1.56. The molecule has 1 rings (SSSR count). The Balaban J connectivity index is 2.69. The van der Waals surface area contributed by atoms with Crippen molar-refractivity contribution in [3.8, 4) is 0 Å². The van der Waals surface area contributed by atoms with Crippen LogP contribution in [0.1, 0.15) is 22.3 Å². The molecule has 0 aromatic heterocycles. The van der Waals surface area contributed by atoms with Crippen LogP contribution in [0.3, 0.4) is 0 Å². The number of ether oxygens (including phenoxy) is 2. The highest BCUT2D eigenvalue weighted by Crippen LogP contribution is 2.17. The summed E-state index contributed by atoms with van der Waals surface area (Å²) in [5.74, 6) is -1.29. The minimum Gasteiger partial charge on any atom is -0.462 e. The zero-order valence-electron chi connectivity index (χ0n) is 9.96. The van der Waals surface area contributed by atoms with Gasteiger partial charge in [-0.3, -0.25) is 0 Å². The summed E-state index contributed by atoms with van der Waals surface area (Å²) >= 11 is 0. The van der Waals surface area contributed by atoms with Gasteiger partial charge in [0.25, 0.3) is 0 Å². The molecule has 0 saturated carbocycles. The highest BCUT2D eigenvalue weighted by atomic mass is 19.1. The van der Waals surface area contributed by atoms with Crippen molar-refractivity contribution < 1.29 is 18.7 Å². The molecule has 0 amide bonds. The molecule has 0 fully saturated rings. The van der Waals surface area contributed by atoms with E-state index in [2.05, 4.69) is 0 Å². The molecule has 17 heavy (non-hydrogen) atoms. The summed E-state index contributed by atoms with van der Waals surface area (Å²) in [5, 5.41) is 0. The molecule has 0 spiro atoms. The molecular weight excluding hydrogens is 225 g/mol. The molecule has 1 aromatic carbocycles. The first-order valence-corrected chi connectivity index (χ1v) is 5.28. The van der Waals surface area contributed by atoms with Crippen molar-refractivity contribution in [1.82, 2.24) is 0 Å². The summed E-state index contributed by atoms with van der Waals surface area (Å²) < 4.78 is 23.3. The molecule has 4 nitrogen and oxygen atoms in total. The predicted octanol–water partition coefficient (Wildman–Crippen LogP) is 1.91. The number of methoxy groups -OCH3 is 1. The number of carbonyl (C=O) groups is 1. The molecule has 0 aliphatic carbocycles. The first-order valence-electron chi connectivity index (χ1n) is 5.28. The van der Waals surface area contributed by atoms with Crippen LogP contribution < -0.4 is 5.73 Å². The Morgan fingerprint density at radius 2 is 2.12 bits per heavy atom. The van der Waals surface area contributed by atoms with E-state index >= 15 is 0 Å². The third-order valence-corrected chi connectivity index (χ3v) is 2.22. The lowest BCUT2D eigenvalue weighted by molar-refractivity contribution is 0.0463. The maximum atomic E-state index is 13.6. The number of esters is 1. The number of nitrogens with two attached hydrogens (primary N) is 1. The van der Waals surface area contributed by atoms with Gasteiger partial charge in [0.1, 0.15) is 5.82 Å². The van der Waals surface area contributed by atoms with Crippen molar-refractivity contribution in [3.05, 3.63) is 29.1 Å². The summed E-state index contributed by atoms with van der Waals surface area (Å²) in [5.41, 5.74) is 6.09. The van der Waals surface area contributed by atoms with Gasteiger partial charge in [-0.2, -0.15) is 0 Å². The normalized spacial score (nSPS) is 10.3. The number of halogens is 1. The lowest BCUT2D eigenvalue weighted by atomic mass is 10.1. The minimum atomic E-state index is -0.700. The maximum Gasteiger partial charge on any atom is 0.341 e. The molecule has 2 N–H and O–H groups in total. The molecule has 0 heterocycles. The number of nitrogen functional groups attached to an aromatic ring is 1. The summed E-state index contributed by atoms with van der Waals surface area (Å²) in [6.45, 7) is 2.24. The van der Waals surface area contributed by atoms with Crippen molar-refractivity contribution in [2.75, 3.05) is 26.1 Å². The molecule has 0 aliphatic heterocycles. The van der Waals surface area contributed by atoms with Gasteiger partial charge in [-0.25, -0.2) is 9.18 Å². The van der Waals surface area contributed by atoms with Crippen molar-refractivity contribution in [3.63, 3.8) is 0 Å². The molecule has 0 saturated heterocycles. The average molecular weight is 241 g/mol. The lowest BCUT2D eigenvalue weighted by Crippen LogP contribution is -2.11. The molecule has 0 unspecified atom stereocenters. The van der Waals surface area contributed by atoms with Crippen LogP contribution in [-0.4, -0.2) is 26.3 Å². The van der Waals surface area contributed by atoms with Crippen LogP contribution in [0.5, 0.6) is 0 Å². The number of hydrogen-bond donors (Lipinski definition) is 1. The predicted molar refractivity (Wildman–Crippen MR) is 62.3 cm³/mol. The third-order valence-electron chi connectivity index (χ3n) is 2.22. The van der Waals surface area contributed by atoms with Crippen LogP contribution in [-0.2, 0) is 9.47 Å². The zero-order valence-corrected chi connectivity index (χ0v) is 9.96. The first-order chi connectivity index (χ1) is 8.06. The Morgan fingerprint density at radius 3 is 2.76 bits per heavy atom. The number of hydrogen-bond acceptors (Lipinski definition) is 4. The monoisotopic (exact) mass is 241 g/mol. The van der Waals surface area contributed by atoms with Crippen molar-refractivity contribution in [2.24, 2.45) is 0 Å². The fourth-order valence-electron chi connectivity index (χ4n) is 1.39. The lowest BCUT2D eigenvalue weighted by Gasteiger charge is -2.08. The van der Waals surface area contributed by atoms with E-state index in [0.29, 0.717) is 24.3 Å². The second kappa shape index (κ2) is 6.20. The second-order valence-corrected chi connectivity index (χ2v) is 3.68. The van der Waals surface area contributed by atoms with Crippen LogP contribution in [0.15, 0.2) is 12.1 Å². The van der Waals surface area contributed by atoms with Gasteiger partial charge in [-0.05, 0) is 24.6 Å². The van der Waals surface area contributed by atoms with Crippen LogP contribution in [0.25, 0.3) is 0 Å². The summed E-state index contributed by atoms with van der Waals surface area (Å²) in [6.07, 6.45) is 0.575. The molecular formula is C12H16FNO3. The Bertz CT molecular complexity index is 407. The largest absolute Gasteiger partial charge is 0.462 e. The zero-order chi connectivity index (χ0) is 12.8. The molecule has 1 aromatic rings.